The summed E-state index contributed by atoms with van der Waals surface area (Å²) >= 11 is 0. The first-order valence-corrected chi connectivity index (χ1v) is 7.71. The fourth-order valence-electron chi connectivity index (χ4n) is 3.32. The molecule has 1 aromatic rings. The van der Waals surface area contributed by atoms with Gasteiger partial charge in [0.15, 0.2) is 11.6 Å². The molecule has 8 nitrogen and oxygen atoms in total. The van der Waals surface area contributed by atoms with Gasteiger partial charge >= 0.3 is 6.03 Å². The number of hydrogen-bond donors (Lipinski definition) is 1. The van der Waals surface area contributed by atoms with E-state index < -0.39 is 5.82 Å². The molecule has 0 bridgehead atoms. The number of halogens is 1. The molecule has 0 radical (unpaired) electrons. The molecule has 3 saturated heterocycles. The summed E-state index contributed by atoms with van der Waals surface area (Å²) in [5, 5.41) is 2.84. The summed E-state index contributed by atoms with van der Waals surface area (Å²) in [5.41, 5.74) is -0.200. The molecule has 4 rings (SSSR count). The van der Waals surface area contributed by atoms with E-state index in [-0.39, 0.29) is 11.6 Å². The lowest BCUT2D eigenvalue weighted by Gasteiger charge is -2.50. The minimum absolute atomic E-state index is 0.0568. The molecule has 0 unspecified atom stereocenters. The number of urea groups is 1. The van der Waals surface area contributed by atoms with Crippen LogP contribution in [0.15, 0.2) is 6.20 Å². The van der Waals surface area contributed by atoms with Crippen LogP contribution in [0.4, 0.5) is 21.0 Å². The third kappa shape index (κ3) is 2.26. The smallest absolute Gasteiger partial charge is 0.317 e. The molecule has 1 spiro atoms. The van der Waals surface area contributed by atoms with E-state index in [9.17, 15) is 9.18 Å². The van der Waals surface area contributed by atoms with Crippen LogP contribution in [0, 0.1) is 5.82 Å². The summed E-state index contributed by atoms with van der Waals surface area (Å²) in [6.45, 7) is 4.31. The molecule has 2 amide bonds. The van der Waals surface area contributed by atoms with Crippen LogP contribution < -0.4 is 15.1 Å². The first-order valence-electron chi connectivity index (χ1n) is 7.71. The van der Waals surface area contributed by atoms with Crippen LogP contribution in [-0.2, 0) is 4.74 Å². The second kappa shape index (κ2) is 5.19. The number of aromatic nitrogens is 2. The maximum atomic E-state index is 14.1. The van der Waals surface area contributed by atoms with Crippen molar-refractivity contribution in [2.75, 3.05) is 62.8 Å². The predicted octanol–water partition coefficient (Wildman–Crippen LogP) is -0.334. The van der Waals surface area contributed by atoms with Crippen LogP contribution in [0.1, 0.15) is 0 Å². The third-order valence-corrected chi connectivity index (χ3v) is 4.86. The van der Waals surface area contributed by atoms with Gasteiger partial charge in [-0.1, -0.05) is 0 Å². The standard InChI is InChI=1S/C14H19FN6O2/c1-19-13(22)17-7-14(19)8-21(9-14)12-16-6-10(15)11(18-12)20-2-4-23-5-3-20/h6H,2-5,7-9H2,1H3,(H,17,22). The van der Waals surface area contributed by atoms with Crippen molar-refractivity contribution in [3.05, 3.63) is 12.0 Å². The Labute approximate surface area is 133 Å². The lowest BCUT2D eigenvalue weighted by molar-refractivity contribution is 0.122. The van der Waals surface area contributed by atoms with E-state index in [0.717, 1.165) is 0 Å². The van der Waals surface area contributed by atoms with Crippen LogP contribution in [-0.4, -0.2) is 79.4 Å². The largest absolute Gasteiger partial charge is 0.378 e. The number of nitrogens with zero attached hydrogens (tertiary/aromatic N) is 5. The van der Waals surface area contributed by atoms with Gasteiger partial charge in [0, 0.05) is 39.8 Å². The molecule has 124 valence electrons. The number of carbonyl (C=O) groups excluding carboxylic acids is 1. The van der Waals surface area contributed by atoms with Gasteiger partial charge in [-0.15, -0.1) is 0 Å². The molecule has 3 aliphatic rings. The quantitative estimate of drug-likeness (QED) is 0.803. The molecule has 0 atom stereocenters. The van der Waals surface area contributed by atoms with Crippen molar-refractivity contribution in [3.8, 4) is 0 Å². The number of hydrogen-bond acceptors (Lipinski definition) is 6. The van der Waals surface area contributed by atoms with Crippen molar-refractivity contribution in [1.82, 2.24) is 20.2 Å². The highest BCUT2D eigenvalue weighted by atomic mass is 19.1. The highest BCUT2D eigenvalue weighted by Gasteiger charge is 2.52. The van der Waals surface area contributed by atoms with Gasteiger partial charge in [-0.2, -0.15) is 4.98 Å². The number of ether oxygens (including phenoxy) is 1. The van der Waals surface area contributed by atoms with Gasteiger partial charge in [-0.25, -0.2) is 14.2 Å². The molecule has 0 aliphatic carbocycles. The summed E-state index contributed by atoms with van der Waals surface area (Å²) in [6, 6.07) is -0.0568. The summed E-state index contributed by atoms with van der Waals surface area (Å²) < 4.78 is 19.4. The lowest BCUT2D eigenvalue weighted by Crippen LogP contribution is -2.69. The zero-order chi connectivity index (χ0) is 16.0. The maximum Gasteiger partial charge on any atom is 0.317 e. The molecule has 3 aliphatic heterocycles. The Morgan fingerprint density at radius 3 is 2.70 bits per heavy atom. The Balaban J connectivity index is 1.51. The molecule has 4 heterocycles. The second-order valence-corrected chi connectivity index (χ2v) is 6.24. The van der Waals surface area contributed by atoms with Gasteiger partial charge in [0.25, 0.3) is 0 Å². The van der Waals surface area contributed by atoms with Crippen molar-refractivity contribution in [2.24, 2.45) is 0 Å². The molecular formula is C14H19FN6O2. The van der Waals surface area contributed by atoms with Gasteiger partial charge in [-0.3, -0.25) is 0 Å². The van der Waals surface area contributed by atoms with E-state index in [2.05, 4.69) is 15.3 Å². The number of likely N-dealkylation sites (N-methyl/N-ethyl adjacent to an activating group) is 1. The average Bonchev–Trinajstić information content (AvgIpc) is 2.84. The molecule has 23 heavy (non-hydrogen) atoms. The third-order valence-electron chi connectivity index (χ3n) is 4.86. The van der Waals surface area contributed by atoms with Gasteiger partial charge in [0.1, 0.15) is 0 Å². The fourth-order valence-corrected chi connectivity index (χ4v) is 3.32. The highest BCUT2D eigenvalue weighted by molar-refractivity contribution is 5.78. The Morgan fingerprint density at radius 1 is 1.30 bits per heavy atom. The number of carbonyl (C=O) groups is 1. The van der Waals surface area contributed by atoms with Crippen molar-refractivity contribution < 1.29 is 13.9 Å². The molecule has 9 heteroatoms. The summed E-state index contributed by atoms with van der Waals surface area (Å²) in [7, 11) is 1.80. The van der Waals surface area contributed by atoms with Gasteiger partial charge in [0.2, 0.25) is 5.95 Å². The second-order valence-electron chi connectivity index (χ2n) is 6.24. The van der Waals surface area contributed by atoms with Crippen LogP contribution >= 0.6 is 0 Å². The van der Waals surface area contributed by atoms with Crippen LogP contribution in [0.25, 0.3) is 0 Å². The number of rotatable bonds is 2. The Bertz CT molecular complexity index is 630. The molecule has 0 aromatic carbocycles. The zero-order valence-corrected chi connectivity index (χ0v) is 13.0. The molecular weight excluding hydrogens is 303 g/mol. The maximum absolute atomic E-state index is 14.1. The van der Waals surface area contributed by atoms with Crippen molar-refractivity contribution in [3.63, 3.8) is 0 Å². The topological polar surface area (TPSA) is 73.8 Å². The van der Waals surface area contributed by atoms with Gasteiger partial charge in [0.05, 0.1) is 24.9 Å². The van der Waals surface area contributed by atoms with Gasteiger partial charge in [-0.05, 0) is 0 Å². The van der Waals surface area contributed by atoms with E-state index >= 15 is 0 Å². The predicted molar refractivity (Wildman–Crippen MR) is 81.1 cm³/mol. The molecule has 0 saturated carbocycles. The first-order chi connectivity index (χ1) is 11.1. The fraction of sp³-hybridized carbons (Fsp3) is 0.643. The zero-order valence-electron chi connectivity index (χ0n) is 13.0. The monoisotopic (exact) mass is 322 g/mol. The van der Waals surface area contributed by atoms with Crippen LogP contribution in [0.2, 0.25) is 0 Å². The van der Waals surface area contributed by atoms with Crippen LogP contribution in [0.3, 0.4) is 0 Å². The minimum atomic E-state index is -0.416. The van der Waals surface area contributed by atoms with E-state index in [1.807, 2.05) is 9.80 Å². The number of morpholine rings is 1. The van der Waals surface area contributed by atoms with Crippen LogP contribution in [0.5, 0.6) is 0 Å². The number of amides is 2. The normalized spacial score (nSPS) is 23.2. The van der Waals surface area contributed by atoms with E-state index in [0.29, 0.717) is 57.7 Å². The molecule has 3 fully saturated rings. The summed E-state index contributed by atoms with van der Waals surface area (Å²) in [4.78, 5) is 25.7. The number of anilines is 2. The molecule has 1 aromatic heterocycles. The van der Waals surface area contributed by atoms with E-state index in [1.165, 1.54) is 6.20 Å². The summed E-state index contributed by atoms with van der Waals surface area (Å²) in [5.74, 6) is 0.417. The van der Waals surface area contributed by atoms with Crippen molar-refractivity contribution in [1.29, 1.82) is 0 Å². The minimum Gasteiger partial charge on any atom is -0.378 e. The SMILES string of the molecule is CN1C(=O)NCC12CN(c1ncc(F)c(N3CCOCC3)n1)C2. The Hall–Kier alpha value is -2.16. The highest BCUT2D eigenvalue weighted by Crippen LogP contribution is 2.33. The Morgan fingerprint density at radius 2 is 2.04 bits per heavy atom. The van der Waals surface area contributed by atoms with E-state index in [1.54, 1.807) is 11.9 Å². The van der Waals surface area contributed by atoms with Crippen molar-refractivity contribution in [2.45, 2.75) is 5.54 Å². The van der Waals surface area contributed by atoms with Gasteiger partial charge < -0.3 is 24.8 Å². The molecule has 1 N–H and O–H groups in total. The first kappa shape index (κ1) is 14.4. The number of nitrogens with one attached hydrogen (secondary N) is 1. The Kier molecular flexibility index (Phi) is 3.26. The lowest BCUT2D eigenvalue weighted by atomic mass is 9.90. The summed E-state index contributed by atoms with van der Waals surface area (Å²) in [6.07, 6.45) is 1.22. The van der Waals surface area contributed by atoms with Crippen molar-refractivity contribution >= 4 is 17.8 Å². The average molecular weight is 322 g/mol. The van der Waals surface area contributed by atoms with E-state index in [4.69, 9.17) is 4.74 Å².